The number of pyridine rings is 1. The van der Waals surface area contributed by atoms with Gasteiger partial charge in [-0.05, 0) is 24.6 Å². The van der Waals surface area contributed by atoms with Crippen LogP contribution in [0.2, 0.25) is 0 Å². The summed E-state index contributed by atoms with van der Waals surface area (Å²) in [5, 5.41) is 13.3. The average molecular weight is 364 g/mol. The molecule has 1 atom stereocenters. The standard InChI is InChI=1S/C18H16N6OS/c1-12-6-5-7-13(10-12)15(16-20-11-25-23-16)26-18-22-21-17(24(18)2)14-8-3-4-9-19-14/h3-11,15H,1-2H3. The first kappa shape index (κ1) is 16.5. The second kappa shape index (κ2) is 7.09. The topological polar surface area (TPSA) is 82.5 Å². The first-order valence-corrected chi connectivity index (χ1v) is 8.90. The molecule has 4 rings (SSSR count). The Morgan fingerprint density at radius 1 is 1.08 bits per heavy atom. The van der Waals surface area contributed by atoms with Crippen LogP contribution in [-0.4, -0.2) is 29.9 Å². The molecule has 130 valence electrons. The van der Waals surface area contributed by atoms with Gasteiger partial charge < -0.3 is 9.09 Å². The normalized spacial score (nSPS) is 12.2. The van der Waals surface area contributed by atoms with Crippen LogP contribution in [-0.2, 0) is 7.05 Å². The molecule has 26 heavy (non-hydrogen) atoms. The van der Waals surface area contributed by atoms with Gasteiger partial charge in [-0.15, -0.1) is 10.2 Å². The Morgan fingerprint density at radius 3 is 2.73 bits per heavy atom. The van der Waals surface area contributed by atoms with E-state index in [2.05, 4.69) is 50.4 Å². The summed E-state index contributed by atoms with van der Waals surface area (Å²) < 4.78 is 6.89. The van der Waals surface area contributed by atoms with E-state index < -0.39 is 0 Å². The highest BCUT2D eigenvalue weighted by atomic mass is 32.2. The van der Waals surface area contributed by atoms with Crippen molar-refractivity contribution >= 4 is 11.8 Å². The van der Waals surface area contributed by atoms with E-state index in [9.17, 15) is 0 Å². The van der Waals surface area contributed by atoms with Gasteiger partial charge in [0.15, 0.2) is 16.8 Å². The molecule has 0 N–H and O–H groups in total. The van der Waals surface area contributed by atoms with Crippen molar-refractivity contribution in [3.63, 3.8) is 0 Å². The predicted octanol–water partition coefficient (Wildman–Crippen LogP) is 3.45. The molecule has 0 aliphatic rings. The number of hydrogen-bond acceptors (Lipinski definition) is 7. The third-order valence-electron chi connectivity index (χ3n) is 3.91. The lowest BCUT2D eigenvalue weighted by molar-refractivity contribution is 0.411. The zero-order valence-electron chi connectivity index (χ0n) is 14.3. The predicted molar refractivity (Wildman–Crippen MR) is 97.4 cm³/mol. The summed E-state index contributed by atoms with van der Waals surface area (Å²) in [6, 6.07) is 14.0. The maximum absolute atomic E-state index is 4.96. The maximum Gasteiger partial charge on any atom is 0.213 e. The Balaban J connectivity index is 1.70. The van der Waals surface area contributed by atoms with Crippen LogP contribution in [0.3, 0.4) is 0 Å². The molecule has 4 aromatic rings. The van der Waals surface area contributed by atoms with Crippen LogP contribution < -0.4 is 0 Å². The molecule has 1 aromatic carbocycles. The number of benzene rings is 1. The number of thioether (sulfide) groups is 1. The summed E-state index contributed by atoms with van der Waals surface area (Å²) >= 11 is 1.53. The van der Waals surface area contributed by atoms with Gasteiger partial charge >= 0.3 is 0 Å². The lowest BCUT2D eigenvalue weighted by atomic mass is 10.1. The van der Waals surface area contributed by atoms with E-state index in [0.717, 1.165) is 16.4 Å². The minimum atomic E-state index is -0.145. The summed E-state index contributed by atoms with van der Waals surface area (Å²) in [4.78, 5) is 8.59. The van der Waals surface area contributed by atoms with Gasteiger partial charge in [-0.3, -0.25) is 4.98 Å². The SMILES string of the molecule is Cc1cccc(C(Sc2nnc(-c3ccccn3)n2C)c2ncon2)c1. The van der Waals surface area contributed by atoms with Crippen molar-refractivity contribution in [2.75, 3.05) is 0 Å². The van der Waals surface area contributed by atoms with Crippen LogP contribution in [0.4, 0.5) is 0 Å². The highest BCUT2D eigenvalue weighted by Crippen LogP contribution is 2.38. The van der Waals surface area contributed by atoms with E-state index in [4.69, 9.17) is 4.52 Å². The van der Waals surface area contributed by atoms with Crippen molar-refractivity contribution in [3.8, 4) is 11.5 Å². The summed E-state index contributed by atoms with van der Waals surface area (Å²) in [6.07, 6.45) is 3.08. The van der Waals surface area contributed by atoms with Gasteiger partial charge in [0.05, 0.1) is 0 Å². The molecule has 0 amide bonds. The van der Waals surface area contributed by atoms with Gasteiger partial charge in [0.25, 0.3) is 0 Å². The van der Waals surface area contributed by atoms with Crippen LogP contribution in [0.1, 0.15) is 22.2 Å². The average Bonchev–Trinajstić information content (AvgIpc) is 3.31. The maximum atomic E-state index is 4.96. The fourth-order valence-electron chi connectivity index (χ4n) is 2.64. The van der Waals surface area contributed by atoms with Crippen molar-refractivity contribution in [1.82, 2.24) is 29.9 Å². The monoisotopic (exact) mass is 364 g/mol. The fraction of sp³-hybridized carbons (Fsp3) is 0.167. The molecule has 0 fully saturated rings. The molecule has 0 aliphatic heterocycles. The number of nitrogens with zero attached hydrogens (tertiary/aromatic N) is 6. The Hall–Kier alpha value is -3.00. The van der Waals surface area contributed by atoms with Crippen molar-refractivity contribution in [3.05, 3.63) is 72.0 Å². The summed E-state index contributed by atoms with van der Waals surface area (Å²) in [7, 11) is 1.93. The van der Waals surface area contributed by atoms with Crippen molar-refractivity contribution < 1.29 is 4.52 Å². The van der Waals surface area contributed by atoms with E-state index in [1.54, 1.807) is 6.20 Å². The van der Waals surface area contributed by atoms with Crippen LogP contribution in [0.25, 0.3) is 11.5 Å². The molecule has 0 spiro atoms. The van der Waals surface area contributed by atoms with Crippen LogP contribution in [0, 0.1) is 6.92 Å². The number of aryl methyl sites for hydroxylation is 1. The molecule has 0 aliphatic carbocycles. The number of aromatic nitrogens is 6. The van der Waals surface area contributed by atoms with Gasteiger partial charge in [-0.1, -0.05) is 52.8 Å². The molecular formula is C18H16N6OS. The second-order valence-corrected chi connectivity index (χ2v) is 6.85. The van der Waals surface area contributed by atoms with Crippen LogP contribution in [0.15, 0.2) is 64.7 Å². The quantitative estimate of drug-likeness (QED) is 0.502. The molecule has 0 saturated heterocycles. The summed E-state index contributed by atoms with van der Waals surface area (Å²) in [6.45, 7) is 2.06. The lowest BCUT2D eigenvalue weighted by Gasteiger charge is -2.13. The fourth-order valence-corrected chi connectivity index (χ4v) is 3.67. The van der Waals surface area contributed by atoms with Gasteiger partial charge in [-0.25, -0.2) is 0 Å². The Kier molecular flexibility index (Phi) is 4.49. The third kappa shape index (κ3) is 3.23. The largest absolute Gasteiger partial charge is 0.343 e. The molecule has 1 unspecified atom stereocenters. The van der Waals surface area contributed by atoms with Crippen LogP contribution in [0.5, 0.6) is 0 Å². The van der Waals surface area contributed by atoms with Crippen molar-refractivity contribution in [2.24, 2.45) is 7.05 Å². The smallest absolute Gasteiger partial charge is 0.213 e. The van der Waals surface area contributed by atoms with Crippen molar-refractivity contribution in [1.29, 1.82) is 0 Å². The minimum Gasteiger partial charge on any atom is -0.343 e. The Morgan fingerprint density at radius 2 is 2.00 bits per heavy atom. The second-order valence-electron chi connectivity index (χ2n) is 5.78. The van der Waals surface area contributed by atoms with Gasteiger partial charge in [0.2, 0.25) is 6.39 Å². The number of rotatable bonds is 5. The molecule has 0 radical (unpaired) electrons. The highest BCUT2D eigenvalue weighted by Gasteiger charge is 2.24. The highest BCUT2D eigenvalue weighted by molar-refractivity contribution is 7.99. The molecule has 8 heteroatoms. The first-order chi connectivity index (χ1) is 12.7. The molecule has 3 aromatic heterocycles. The Bertz CT molecular complexity index is 1000. The van der Waals surface area contributed by atoms with E-state index in [1.165, 1.54) is 23.7 Å². The summed E-state index contributed by atoms with van der Waals surface area (Å²) in [5.74, 6) is 1.31. The molecule has 3 heterocycles. The van der Waals surface area contributed by atoms with Gasteiger partial charge in [-0.2, -0.15) is 4.98 Å². The zero-order chi connectivity index (χ0) is 17.9. The lowest BCUT2D eigenvalue weighted by Crippen LogP contribution is -2.03. The molecule has 0 saturated carbocycles. The van der Waals surface area contributed by atoms with Gasteiger partial charge in [0, 0.05) is 13.2 Å². The molecule has 0 bridgehead atoms. The molecular weight excluding hydrogens is 348 g/mol. The zero-order valence-corrected chi connectivity index (χ0v) is 15.1. The van der Waals surface area contributed by atoms with E-state index in [-0.39, 0.29) is 5.25 Å². The molecule has 7 nitrogen and oxygen atoms in total. The van der Waals surface area contributed by atoms with Gasteiger partial charge in [0.1, 0.15) is 10.9 Å². The van der Waals surface area contributed by atoms with Crippen LogP contribution >= 0.6 is 11.8 Å². The van der Waals surface area contributed by atoms with E-state index in [0.29, 0.717) is 11.6 Å². The van der Waals surface area contributed by atoms with Crippen molar-refractivity contribution in [2.45, 2.75) is 17.3 Å². The third-order valence-corrected chi connectivity index (χ3v) is 5.19. The minimum absolute atomic E-state index is 0.145. The number of hydrogen-bond donors (Lipinski definition) is 0. The Labute approximate surface area is 154 Å². The first-order valence-electron chi connectivity index (χ1n) is 8.02. The summed E-state index contributed by atoms with van der Waals surface area (Å²) in [5.41, 5.74) is 3.03. The van der Waals surface area contributed by atoms with E-state index in [1.807, 2.05) is 35.9 Å². The van der Waals surface area contributed by atoms with E-state index >= 15 is 0 Å².